The number of aromatic nitrogens is 2. The lowest BCUT2D eigenvalue weighted by Gasteiger charge is -2.09. The number of rotatable bonds is 6. The lowest BCUT2D eigenvalue weighted by Crippen LogP contribution is -2.26. The largest absolute Gasteiger partial charge is 0.352 e. The topological polar surface area (TPSA) is 46.9 Å². The summed E-state index contributed by atoms with van der Waals surface area (Å²) in [5.74, 6) is 0.894. The molecule has 0 radical (unpaired) electrons. The Morgan fingerprint density at radius 2 is 1.96 bits per heavy atom. The van der Waals surface area contributed by atoms with E-state index in [1.54, 1.807) is 12.3 Å². The van der Waals surface area contributed by atoms with Gasteiger partial charge in [-0.3, -0.25) is 4.79 Å². The Morgan fingerprint density at radius 1 is 1.12 bits per heavy atom. The van der Waals surface area contributed by atoms with Crippen LogP contribution < -0.4 is 5.32 Å². The van der Waals surface area contributed by atoms with E-state index in [4.69, 9.17) is 0 Å². The number of carbonyl (C=O) groups excluding carboxylic acids is 1. The molecular formula is C19H18BrN3O. The molecule has 3 rings (SSSR count). The van der Waals surface area contributed by atoms with Crippen molar-refractivity contribution in [3.05, 3.63) is 88.4 Å². The number of carbonyl (C=O) groups is 1. The van der Waals surface area contributed by atoms with Crippen molar-refractivity contribution in [3.8, 4) is 0 Å². The molecule has 0 spiro atoms. The lowest BCUT2D eigenvalue weighted by atomic mass is 10.2. The van der Waals surface area contributed by atoms with Crippen LogP contribution in [0.5, 0.6) is 0 Å². The molecule has 1 heterocycles. The van der Waals surface area contributed by atoms with Gasteiger partial charge in [-0.1, -0.05) is 52.3 Å². The van der Waals surface area contributed by atoms with Crippen molar-refractivity contribution in [2.45, 2.75) is 13.0 Å². The fourth-order valence-corrected chi connectivity index (χ4v) is 2.91. The first-order valence-corrected chi connectivity index (χ1v) is 8.59. The maximum Gasteiger partial charge on any atom is 0.251 e. The van der Waals surface area contributed by atoms with E-state index >= 15 is 0 Å². The van der Waals surface area contributed by atoms with Gasteiger partial charge in [0.2, 0.25) is 0 Å². The highest BCUT2D eigenvalue weighted by Crippen LogP contribution is 2.11. The van der Waals surface area contributed by atoms with Gasteiger partial charge in [-0.25, -0.2) is 4.98 Å². The summed E-state index contributed by atoms with van der Waals surface area (Å²) in [5.41, 5.74) is 1.88. The van der Waals surface area contributed by atoms with Crippen LogP contribution in [0, 0.1) is 0 Å². The van der Waals surface area contributed by atoms with Crippen molar-refractivity contribution >= 4 is 21.8 Å². The summed E-state index contributed by atoms with van der Waals surface area (Å²) < 4.78 is 3.01. The van der Waals surface area contributed by atoms with Gasteiger partial charge in [0.1, 0.15) is 5.82 Å². The molecule has 5 heteroatoms. The third-order valence-corrected chi connectivity index (χ3v) is 4.21. The quantitative estimate of drug-likeness (QED) is 0.705. The normalized spacial score (nSPS) is 10.5. The number of halogens is 1. The Bertz CT molecular complexity index is 814. The fourth-order valence-electron chi connectivity index (χ4n) is 2.51. The van der Waals surface area contributed by atoms with Gasteiger partial charge in [0, 0.05) is 41.9 Å². The van der Waals surface area contributed by atoms with Crippen molar-refractivity contribution in [1.82, 2.24) is 14.9 Å². The summed E-state index contributed by atoms with van der Waals surface area (Å²) in [6.45, 7) is 1.34. The Labute approximate surface area is 149 Å². The molecule has 2 aromatic carbocycles. The summed E-state index contributed by atoms with van der Waals surface area (Å²) in [6.07, 6.45) is 4.46. The molecular weight excluding hydrogens is 366 g/mol. The third kappa shape index (κ3) is 4.32. The number of hydrogen-bond donors (Lipinski definition) is 1. The lowest BCUT2D eigenvalue weighted by molar-refractivity contribution is 0.0954. The molecule has 0 fully saturated rings. The van der Waals surface area contributed by atoms with E-state index in [0.29, 0.717) is 18.5 Å². The highest BCUT2D eigenvalue weighted by molar-refractivity contribution is 9.10. The van der Waals surface area contributed by atoms with Gasteiger partial charge >= 0.3 is 0 Å². The molecule has 0 aliphatic carbocycles. The monoisotopic (exact) mass is 383 g/mol. The summed E-state index contributed by atoms with van der Waals surface area (Å²) in [4.78, 5) is 16.5. The maximum atomic E-state index is 12.1. The second kappa shape index (κ2) is 7.93. The molecule has 0 bridgehead atoms. The second-order valence-corrected chi connectivity index (χ2v) is 6.39. The molecule has 1 N–H and O–H groups in total. The van der Waals surface area contributed by atoms with Gasteiger partial charge < -0.3 is 9.88 Å². The minimum Gasteiger partial charge on any atom is -0.352 e. The van der Waals surface area contributed by atoms with Crippen LogP contribution in [-0.4, -0.2) is 22.0 Å². The molecule has 24 heavy (non-hydrogen) atoms. The summed E-state index contributed by atoms with van der Waals surface area (Å²) in [6, 6.07) is 17.6. The predicted molar refractivity (Wildman–Crippen MR) is 98.0 cm³/mol. The number of nitrogens with zero attached hydrogens (tertiary/aromatic N) is 2. The molecule has 0 aliphatic rings. The Kier molecular flexibility index (Phi) is 5.43. The molecule has 0 saturated heterocycles. The SMILES string of the molecule is O=C(NCCc1nccn1Cc1ccccc1)c1cccc(Br)c1. The maximum absolute atomic E-state index is 12.1. The van der Waals surface area contributed by atoms with Gasteiger partial charge in [-0.15, -0.1) is 0 Å². The van der Waals surface area contributed by atoms with Crippen LogP contribution >= 0.6 is 15.9 Å². The predicted octanol–water partition coefficient (Wildman–Crippen LogP) is 3.67. The van der Waals surface area contributed by atoms with E-state index in [1.165, 1.54) is 5.56 Å². The Morgan fingerprint density at radius 3 is 2.75 bits per heavy atom. The van der Waals surface area contributed by atoms with Crippen LogP contribution in [-0.2, 0) is 13.0 Å². The first kappa shape index (κ1) is 16.5. The smallest absolute Gasteiger partial charge is 0.251 e. The van der Waals surface area contributed by atoms with E-state index in [9.17, 15) is 4.79 Å². The van der Waals surface area contributed by atoms with Gasteiger partial charge in [-0.2, -0.15) is 0 Å². The molecule has 1 aromatic heterocycles. The zero-order valence-electron chi connectivity index (χ0n) is 13.2. The van der Waals surface area contributed by atoms with Crippen LogP contribution in [0.1, 0.15) is 21.7 Å². The second-order valence-electron chi connectivity index (χ2n) is 5.47. The highest BCUT2D eigenvalue weighted by atomic mass is 79.9. The van der Waals surface area contributed by atoms with Crippen molar-refractivity contribution in [2.24, 2.45) is 0 Å². The van der Waals surface area contributed by atoms with Crippen molar-refractivity contribution in [3.63, 3.8) is 0 Å². The van der Waals surface area contributed by atoms with E-state index in [2.05, 4.69) is 42.9 Å². The van der Waals surface area contributed by atoms with Crippen molar-refractivity contribution in [2.75, 3.05) is 6.54 Å². The minimum absolute atomic E-state index is 0.0718. The molecule has 0 aliphatic heterocycles. The van der Waals surface area contributed by atoms with E-state index in [0.717, 1.165) is 16.8 Å². The molecule has 4 nitrogen and oxygen atoms in total. The molecule has 122 valence electrons. The molecule has 3 aromatic rings. The van der Waals surface area contributed by atoms with Crippen molar-refractivity contribution < 1.29 is 4.79 Å². The average molecular weight is 384 g/mol. The fraction of sp³-hybridized carbons (Fsp3) is 0.158. The average Bonchev–Trinajstić information content (AvgIpc) is 3.03. The van der Waals surface area contributed by atoms with Crippen LogP contribution in [0.3, 0.4) is 0 Å². The van der Waals surface area contributed by atoms with E-state index < -0.39 is 0 Å². The van der Waals surface area contributed by atoms with Gasteiger partial charge in [-0.05, 0) is 23.8 Å². The number of imidazole rings is 1. The standard InChI is InChI=1S/C19H18BrN3O/c20-17-8-4-7-16(13-17)19(24)22-10-9-18-21-11-12-23(18)14-15-5-2-1-3-6-15/h1-8,11-13H,9-10,14H2,(H,22,24). The summed E-state index contributed by atoms with van der Waals surface area (Å²) in [7, 11) is 0. The zero-order valence-corrected chi connectivity index (χ0v) is 14.7. The van der Waals surface area contributed by atoms with Crippen molar-refractivity contribution in [1.29, 1.82) is 0 Å². The number of benzene rings is 2. The third-order valence-electron chi connectivity index (χ3n) is 3.72. The van der Waals surface area contributed by atoms with Crippen LogP contribution in [0.2, 0.25) is 0 Å². The Hall–Kier alpha value is -2.40. The minimum atomic E-state index is -0.0718. The Balaban J connectivity index is 1.56. The first-order chi connectivity index (χ1) is 11.7. The van der Waals surface area contributed by atoms with Crippen LogP contribution in [0.4, 0.5) is 0 Å². The molecule has 0 atom stereocenters. The van der Waals surface area contributed by atoms with Crippen LogP contribution in [0.15, 0.2) is 71.5 Å². The highest BCUT2D eigenvalue weighted by Gasteiger charge is 2.07. The number of nitrogens with one attached hydrogen (secondary N) is 1. The van der Waals surface area contributed by atoms with E-state index in [-0.39, 0.29) is 5.91 Å². The molecule has 1 amide bonds. The summed E-state index contributed by atoms with van der Waals surface area (Å²) >= 11 is 3.38. The van der Waals surface area contributed by atoms with Gasteiger partial charge in [0.15, 0.2) is 0 Å². The molecule has 0 saturated carbocycles. The number of hydrogen-bond acceptors (Lipinski definition) is 2. The number of amides is 1. The van der Waals surface area contributed by atoms with Gasteiger partial charge in [0.25, 0.3) is 5.91 Å². The zero-order chi connectivity index (χ0) is 16.8. The summed E-state index contributed by atoms with van der Waals surface area (Å²) in [5, 5.41) is 2.94. The first-order valence-electron chi connectivity index (χ1n) is 7.80. The van der Waals surface area contributed by atoms with Crippen LogP contribution in [0.25, 0.3) is 0 Å². The van der Waals surface area contributed by atoms with Gasteiger partial charge in [0.05, 0.1) is 0 Å². The molecule has 0 unspecified atom stereocenters. The van der Waals surface area contributed by atoms with E-state index in [1.807, 2.05) is 42.6 Å².